The average Bonchev–Trinajstić information content (AvgIpc) is 3.76. The predicted octanol–water partition coefficient (Wildman–Crippen LogP) is 24.9. The Morgan fingerprint density at radius 3 is 0.904 bits per heavy atom. The van der Waals surface area contributed by atoms with E-state index in [0.29, 0.717) is 23.9 Å². The molecule has 0 aliphatic heterocycles. The molecule has 94 heavy (non-hydrogen) atoms. The lowest BCUT2D eigenvalue weighted by Gasteiger charge is -2.26. The van der Waals surface area contributed by atoms with Crippen LogP contribution < -0.4 is 5.11 Å². The standard InChI is InChI=1S/C85H157NO8/c1-6-8-10-12-14-16-18-20-22-24-26-28-30-32-34-36-38-39-40-41-42-43-44-46-47-49-51-53-55-57-59-61-63-65-67-69-71-73-75-82(87)92-79-81(80-93-85(84(89)90)91-78-77-86(3,4)5)94-83(88)76-74-72-70-68-66-64-62-60-58-56-54-52-50-48-45-37-35-33-31-29-27-25-23-21-19-17-15-13-11-9-7-2/h9,11,15,17,21,23,27,29,33,35,81,85H,6-8,10,12-14,16,18-20,22,24-26,28,30-32,34,36-80H2,1-5H3/b11-9-,17-15-,23-21-,29-27-,35-33-. The molecule has 550 valence electrons. The van der Waals surface area contributed by atoms with Gasteiger partial charge in [0, 0.05) is 12.8 Å². The molecular formula is C85H157NO8. The summed E-state index contributed by atoms with van der Waals surface area (Å²) in [6.45, 7) is 4.71. The Labute approximate surface area is 584 Å². The molecule has 0 spiro atoms. The first kappa shape index (κ1) is 91.0. The van der Waals surface area contributed by atoms with Crippen LogP contribution in [0.2, 0.25) is 0 Å². The Bertz CT molecular complexity index is 1730. The van der Waals surface area contributed by atoms with Crippen molar-refractivity contribution >= 4 is 17.9 Å². The van der Waals surface area contributed by atoms with Gasteiger partial charge in [0.05, 0.1) is 40.3 Å². The van der Waals surface area contributed by atoms with Gasteiger partial charge < -0.3 is 33.3 Å². The van der Waals surface area contributed by atoms with Gasteiger partial charge in [-0.3, -0.25) is 9.59 Å². The highest BCUT2D eigenvalue weighted by atomic mass is 16.7. The van der Waals surface area contributed by atoms with E-state index in [1.165, 1.54) is 308 Å². The largest absolute Gasteiger partial charge is 0.545 e. The Morgan fingerprint density at radius 2 is 0.606 bits per heavy atom. The second-order valence-corrected chi connectivity index (χ2v) is 29.0. The molecule has 0 saturated heterocycles. The molecule has 9 nitrogen and oxygen atoms in total. The van der Waals surface area contributed by atoms with Crippen LogP contribution in [0.4, 0.5) is 0 Å². The number of rotatable bonds is 77. The lowest BCUT2D eigenvalue weighted by molar-refractivity contribution is -0.870. The molecule has 0 N–H and O–H groups in total. The molecular weight excluding hydrogens is 1160 g/mol. The van der Waals surface area contributed by atoms with Crippen molar-refractivity contribution in [2.45, 2.75) is 418 Å². The third kappa shape index (κ3) is 76.4. The van der Waals surface area contributed by atoms with Crippen LogP contribution in [0.3, 0.4) is 0 Å². The van der Waals surface area contributed by atoms with Gasteiger partial charge in [-0.2, -0.15) is 0 Å². The predicted molar refractivity (Wildman–Crippen MR) is 403 cm³/mol. The first-order chi connectivity index (χ1) is 46.1. The number of esters is 2. The summed E-state index contributed by atoms with van der Waals surface area (Å²) in [6, 6.07) is 0. The second kappa shape index (κ2) is 75.8. The van der Waals surface area contributed by atoms with Gasteiger partial charge in [-0.25, -0.2) is 0 Å². The van der Waals surface area contributed by atoms with Crippen LogP contribution >= 0.6 is 0 Å². The number of ether oxygens (including phenoxy) is 4. The van der Waals surface area contributed by atoms with Crippen molar-refractivity contribution in [2.75, 3.05) is 47.5 Å². The minimum atomic E-state index is -1.62. The van der Waals surface area contributed by atoms with Crippen molar-refractivity contribution < 1.29 is 42.9 Å². The topological polar surface area (TPSA) is 111 Å². The summed E-state index contributed by atoms with van der Waals surface area (Å²) in [5.74, 6) is -2.26. The van der Waals surface area contributed by atoms with Crippen molar-refractivity contribution in [2.24, 2.45) is 0 Å². The molecule has 0 radical (unpaired) electrons. The smallest absolute Gasteiger partial charge is 0.306 e. The Balaban J connectivity index is 3.95. The van der Waals surface area contributed by atoms with E-state index < -0.39 is 24.3 Å². The third-order valence-electron chi connectivity index (χ3n) is 18.5. The van der Waals surface area contributed by atoms with Gasteiger partial charge in [-0.1, -0.05) is 396 Å². The van der Waals surface area contributed by atoms with Gasteiger partial charge in [0.2, 0.25) is 0 Å². The highest BCUT2D eigenvalue weighted by Gasteiger charge is 2.22. The number of hydrogen-bond donors (Lipinski definition) is 0. The maximum Gasteiger partial charge on any atom is 0.306 e. The zero-order chi connectivity index (χ0) is 68.2. The van der Waals surface area contributed by atoms with E-state index in [1.54, 1.807) is 0 Å². The lowest BCUT2D eigenvalue weighted by Crippen LogP contribution is -2.44. The molecule has 0 aromatic carbocycles. The Hall–Kier alpha value is -3.01. The number of nitrogens with zero attached hydrogens (tertiary/aromatic N) is 1. The van der Waals surface area contributed by atoms with Crippen LogP contribution in [0.5, 0.6) is 0 Å². The summed E-state index contributed by atoms with van der Waals surface area (Å²) in [5.41, 5.74) is 0. The fourth-order valence-electron chi connectivity index (χ4n) is 12.3. The van der Waals surface area contributed by atoms with E-state index in [-0.39, 0.29) is 32.2 Å². The van der Waals surface area contributed by atoms with E-state index in [0.717, 1.165) is 64.2 Å². The van der Waals surface area contributed by atoms with Crippen molar-refractivity contribution in [1.29, 1.82) is 0 Å². The van der Waals surface area contributed by atoms with Gasteiger partial charge in [0.15, 0.2) is 12.4 Å². The van der Waals surface area contributed by atoms with E-state index in [4.69, 9.17) is 18.9 Å². The van der Waals surface area contributed by atoms with Crippen LogP contribution in [0.25, 0.3) is 0 Å². The number of carbonyl (C=O) groups is 3. The molecule has 0 bridgehead atoms. The fraction of sp³-hybridized carbons (Fsp3) is 0.847. The number of allylic oxidation sites excluding steroid dienone is 10. The van der Waals surface area contributed by atoms with Gasteiger partial charge in [-0.05, 0) is 57.8 Å². The number of aliphatic carboxylic acids is 1. The number of unbranched alkanes of at least 4 members (excludes halogenated alkanes) is 52. The SMILES string of the molecule is CC/C=C\C/C=C\C/C=C\C/C=C\C/C=C\CCCCCCCCCCCCCCCCCC(=O)OC(COC(=O)CCCCCCCCCCCCCCCCCCCCCCCCCCCCCCCCCCCCCCCC)COC(OCC[N+](C)(C)C)C(=O)[O-]. The summed E-state index contributed by atoms with van der Waals surface area (Å²) in [5, 5.41) is 11.9. The van der Waals surface area contributed by atoms with Crippen LogP contribution in [-0.2, 0) is 33.3 Å². The normalized spacial score (nSPS) is 12.9. The third-order valence-corrected chi connectivity index (χ3v) is 18.5. The summed E-state index contributed by atoms with van der Waals surface area (Å²) in [6.07, 6.45) is 97.9. The summed E-state index contributed by atoms with van der Waals surface area (Å²) >= 11 is 0. The van der Waals surface area contributed by atoms with Crippen LogP contribution in [0.1, 0.15) is 406 Å². The Kier molecular flexibility index (Phi) is 73.3. The zero-order valence-electron chi connectivity index (χ0n) is 63.1. The van der Waals surface area contributed by atoms with Gasteiger partial charge in [0.1, 0.15) is 13.2 Å². The number of quaternary nitrogens is 1. The minimum absolute atomic E-state index is 0.149. The molecule has 0 aromatic rings. The van der Waals surface area contributed by atoms with Crippen molar-refractivity contribution in [3.05, 3.63) is 60.8 Å². The Morgan fingerprint density at radius 1 is 0.330 bits per heavy atom. The first-order valence-corrected chi connectivity index (χ1v) is 40.9. The number of carboxylic acids is 1. The molecule has 2 unspecified atom stereocenters. The highest BCUT2D eigenvalue weighted by molar-refractivity contribution is 5.70. The molecule has 9 heteroatoms. The van der Waals surface area contributed by atoms with Crippen molar-refractivity contribution in [3.8, 4) is 0 Å². The summed E-state index contributed by atoms with van der Waals surface area (Å²) in [7, 11) is 5.95. The fourth-order valence-corrected chi connectivity index (χ4v) is 12.3. The second-order valence-electron chi connectivity index (χ2n) is 29.0. The highest BCUT2D eigenvalue weighted by Crippen LogP contribution is 2.20. The van der Waals surface area contributed by atoms with Crippen LogP contribution in [0, 0.1) is 0 Å². The number of hydrogen-bond acceptors (Lipinski definition) is 8. The van der Waals surface area contributed by atoms with Crippen LogP contribution in [-0.4, -0.2) is 82.3 Å². The first-order valence-electron chi connectivity index (χ1n) is 40.9. The zero-order valence-corrected chi connectivity index (χ0v) is 63.1. The minimum Gasteiger partial charge on any atom is -0.545 e. The van der Waals surface area contributed by atoms with E-state index in [9.17, 15) is 19.5 Å². The van der Waals surface area contributed by atoms with Gasteiger partial charge in [0.25, 0.3) is 0 Å². The number of carbonyl (C=O) groups excluding carboxylic acids is 3. The monoisotopic (exact) mass is 1320 g/mol. The lowest BCUT2D eigenvalue weighted by atomic mass is 10.0. The molecule has 2 atom stereocenters. The van der Waals surface area contributed by atoms with Gasteiger partial charge >= 0.3 is 11.9 Å². The molecule has 0 heterocycles. The number of likely N-dealkylation sites (N-methyl/N-ethyl adjacent to an activating group) is 1. The maximum absolute atomic E-state index is 13.0. The van der Waals surface area contributed by atoms with Crippen molar-refractivity contribution in [3.63, 3.8) is 0 Å². The van der Waals surface area contributed by atoms with Gasteiger partial charge in [-0.15, -0.1) is 0 Å². The molecule has 0 saturated carbocycles. The molecule has 0 aromatic heterocycles. The molecule has 0 rings (SSSR count). The molecule has 0 fully saturated rings. The van der Waals surface area contributed by atoms with Crippen LogP contribution in [0.15, 0.2) is 60.8 Å². The summed E-state index contributed by atoms with van der Waals surface area (Å²) in [4.78, 5) is 37.6. The molecule has 0 amide bonds. The van der Waals surface area contributed by atoms with E-state index in [2.05, 4.69) is 74.6 Å². The maximum atomic E-state index is 13.0. The van der Waals surface area contributed by atoms with Crippen molar-refractivity contribution in [1.82, 2.24) is 0 Å². The van der Waals surface area contributed by atoms with E-state index in [1.807, 2.05) is 21.1 Å². The number of carboxylic acid groups (broad SMARTS) is 1. The summed E-state index contributed by atoms with van der Waals surface area (Å²) < 4.78 is 22.9. The molecule has 0 aliphatic carbocycles. The molecule has 0 aliphatic rings. The van der Waals surface area contributed by atoms with E-state index >= 15 is 0 Å². The average molecular weight is 1320 g/mol. The quantitative estimate of drug-likeness (QED) is 0.0195.